The first-order valence-corrected chi connectivity index (χ1v) is 9.48. The summed E-state index contributed by atoms with van der Waals surface area (Å²) in [6.45, 7) is 8.19. The van der Waals surface area contributed by atoms with Gasteiger partial charge in [0.15, 0.2) is 5.78 Å². The molecule has 3 unspecified atom stereocenters. The van der Waals surface area contributed by atoms with E-state index in [4.69, 9.17) is 4.74 Å². The highest BCUT2D eigenvalue weighted by molar-refractivity contribution is 5.92. The van der Waals surface area contributed by atoms with Gasteiger partial charge in [-0.3, -0.25) is 4.79 Å². The van der Waals surface area contributed by atoms with Gasteiger partial charge in [0.1, 0.15) is 6.10 Å². The number of rotatable bonds is 0. The van der Waals surface area contributed by atoms with Crippen LogP contribution < -0.4 is 0 Å². The minimum Gasteiger partial charge on any atom is -0.392 e. The van der Waals surface area contributed by atoms with Crippen LogP contribution in [0.4, 0.5) is 0 Å². The zero-order chi connectivity index (χ0) is 18.4. The van der Waals surface area contributed by atoms with E-state index in [1.165, 1.54) is 0 Å². The van der Waals surface area contributed by atoms with E-state index in [1.807, 2.05) is 20.8 Å². The van der Waals surface area contributed by atoms with E-state index in [0.717, 1.165) is 5.57 Å². The molecule has 2 saturated carbocycles. The largest absolute Gasteiger partial charge is 0.392 e. The second-order valence-electron chi connectivity index (χ2n) is 9.50. The van der Waals surface area contributed by atoms with Gasteiger partial charge in [0.05, 0.1) is 29.8 Å². The normalized spacial score (nSPS) is 51.8. The Morgan fingerprint density at radius 2 is 1.88 bits per heavy atom. The molecule has 140 valence electrons. The molecule has 3 fully saturated rings. The summed E-state index contributed by atoms with van der Waals surface area (Å²) in [5.41, 5.74) is -1.06. The average Bonchev–Trinajstić information content (AvgIpc) is 2.51. The molecule has 2 bridgehead atoms. The van der Waals surface area contributed by atoms with Gasteiger partial charge >= 0.3 is 0 Å². The maximum Gasteiger partial charge on any atom is 0.174 e. The van der Waals surface area contributed by atoms with Crippen LogP contribution in [-0.2, 0) is 9.53 Å². The van der Waals surface area contributed by atoms with Crippen molar-refractivity contribution in [2.24, 2.45) is 22.7 Å². The van der Waals surface area contributed by atoms with Gasteiger partial charge in [0.25, 0.3) is 0 Å². The minimum atomic E-state index is -1.26. The molecule has 0 spiro atoms. The molecule has 4 aliphatic rings. The molecule has 0 aromatic rings. The average molecular weight is 350 g/mol. The number of allylic oxidation sites excluding steroid dienone is 1. The van der Waals surface area contributed by atoms with Crippen molar-refractivity contribution in [1.82, 2.24) is 0 Å². The smallest absolute Gasteiger partial charge is 0.174 e. The molecule has 4 rings (SSSR count). The molecule has 25 heavy (non-hydrogen) atoms. The van der Waals surface area contributed by atoms with Gasteiger partial charge in [-0.05, 0) is 44.6 Å². The Hall–Kier alpha value is -0.750. The fraction of sp³-hybridized carbons (Fsp3) is 0.850. The van der Waals surface area contributed by atoms with Crippen molar-refractivity contribution in [3.05, 3.63) is 11.1 Å². The lowest BCUT2D eigenvalue weighted by Gasteiger charge is -2.61. The van der Waals surface area contributed by atoms with Crippen LogP contribution in [0.5, 0.6) is 0 Å². The van der Waals surface area contributed by atoms with Gasteiger partial charge in [0.2, 0.25) is 0 Å². The van der Waals surface area contributed by atoms with Crippen LogP contribution in [0.25, 0.3) is 0 Å². The topological polar surface area (TPSA) is 87.0 Å². The number of ketones is 1. The number of carbonyl (C=O) groups is 1. The van der Waals surface area contributed by atoms with Crippen molar-refractivity contribution >= 4 is 5.78 Å². The lowest BCUT2D eigenvalue weighted by molar-refractivity contribution is -0.241. The van der Waals surface area contributed by atoms with E-state index in [1.54, 1.807) is 6.92 Å². The fourth-order valence-electron chi connectivity index (χ4n) is 6.18. The van der Waals surface area contributed by atoms with Crippen molar-refractivity contribution in [3.8, 4) is 0 Å². The van der Waals surface area contributed by atoms with Crippen LogP contribution in [-0.4, -0.2) is 51.6 Å². The van der Waals surface area contributed by atoms with Crippen molar-refractivity contribution < 1.29 is 24.9 Å². The minimum absolute atomic E-state index is 0.0375. The van der Waals surface area contributed by atoms with Crippen molar-refractivity contribution in [3.63, 3.8) is 0 Å². The molecule has 7 atom stereocenters. The number of hydrogen-bond donors (Lipinski definition) is 3. The third-order valence-corrected chi connectivity index (χ3v) is 8.24. The van der Waals surface area contributed by atoms with E-state index < -0.39 is 28.6 Å². The lowest BCUT2D eigenvalue weighted by atomic mass is 9.47. The summed E-state index contributed by atoms with van der Waals surface area (Å²) in [5.74, 6) is -0.305. The third-order valence-electron chi connectivity index (χ3n) is 8.24. The molecule has 5 nitrogen and oxygen atoms in total. The highest BCUT2D eigenvalue weighted by atomic mass is 16.5. The van der Waals surface area contributed by atoms with Crippen LogP contribution in [0.15, 0.2) is 11.1 Å². The Labute approximate surface area is 149 Å². The number of ether oxygens (including phenoxy) is 1. The molecule has 0 aromatic carbocycles. The van der Waals surface area contributed by atoms with E-state index in [2.05, 4.69) is 0 Å². The Morgan fingerprint density at radius 3 is 2.48 bits per heavy atom. The molecular weight excluding hydrogens is 320 g/mol. The fourth-order valence-corrected chi connectivity index (χ4v) is 6.18. The third kappa shape index (κ3) is 2.01. The number of fused-ring (bicyclic) bond motifs is 5. The Balaban J connectivity index is 1.90. The molecule has 3 aliphatic carbocycles. The van der Waals surface area contributed by atoms with Crippen molar-refractivity contribution in [2.45, 2.75) is 77.3 Å². The summed E-state index contributed by atoms with van der Waals surface area (Å²) in [4.78, 5) is 13.4. The summed E-state index contributed by atoms with van der Waals surface area (Å²) < 4.78 is 5.61. The first-order valence-electron chi connectivity index (χ1n) is 9.48. The molecule has 1 aliphatic heterocycles. The maximum absolute atomic E-state index is 13.4. The number of hydrogen-bond acceptors (Lipinski definition) is 5. The van der Waals surface area contributed by atoms with Crippen molar-refractivity contribution in [1.29, 1.82) is 0 Å². The number of carbonyl (C=O) groups excluding carboxylic acids is 1. The zero-order valence-corrected chi connectivity index (χ0v) is 15.6. The second kappa shape index (κ2) is 5.16. The van der Waals surface area contributed by atoms with Crippen LogP contribution in [0.1, 0.15) is 53.4 Å². The summed E-state index contributed by atoms with van der Waals surface area (Å²) in [6, 6.07) is 0. The highest BCUT2D eigenvalue weighted by Gasteiger charge is 2.65. The molecule has 0 radical (unpaired) electrons. The molecule has 0 amide bonds. The van der Waals surface area contributed by atoms with E-state index in [-0.39, 0.29) is 23.7 Å². The second-order valence-corrected chi connectivity index (χ2v) is 9.50. The van der Waals surface area contributed by atoms with Crippen molar-refractivity contribution in [2.75, 3.05) is 6.61 Å². The van der Waals surface area contributed by atoms with Crippen LogP contribution in [0.3, 0.4) is 0 Å². The van der Waals surface area contributed by atoms with Gasteiger partial charge in [-0.2, -0.15) is 0 Å². The Bertz CT molecular complexity index is 652. The maximum atomic E-state index is 13.4. The number of aliphatic hydroxyl groups is 3. The monoisotopic (exact) mass is 350 g/mol. The lowest BCUT2D eigenvalue weighted by Crippen LogP contribution is -2.68. The zero-order valence-electron chi connectivity index (χ0n) is 15.6. The summed E-state index contributed by atoms with van der Waals surface area (Å²) in [6.07, 6.45) is 0.0513. The van der Waals surface area contributed by atoms with Crippen LogP contribution in [0.2, 0.25) is 0 Å². The van der Waals surface area contributed by atoms with Gasteiger partial charge in [0, 0.05) is 17.8 Å². The van der Waals surface area contributed by atoms with Gasteiger partial charge < -0.3 is 20.1 Å². The van der Waals surface area contributed by atoms with E-state index in [9.17, 15) is 20.1 Å². The summed E-state index contributed by atoms with van der Waals surface area (Å²) in [7, 11) is 0. The molecule has 0 aromatic heterocycles. The van der Waals surface area contributed by atoms with Gasteiger partial charge in [-0.25, -0.2) is 0 Å². The van der Waals surface area contributed by atoms with Crippen LogP contribution in [0, 0.1) is 22.7 Å². The predicted molar refractivity (Wildman–Crippen MR) is 91.7 cm³/mol. The number of Topliss-reactive ketones (excluding diaryl/α,β-unsaturated/α-hetero) is 1. The molecule has 1 saturated heterocycles. The van der Waals surface area contributed by atoms with Gasteiger partial charge in [-0.1, -0.05) is 19.4 Å². The number of aliphatic hydroxyl groups excluding tert-OH is 2. The quantitative estimate of drug-likeness (QED) is 0.578. The Morgan fingerprint density at radius 1 is 1.20 bits per heavy atom. The first-order chi connectivity index (χ1) is 11.5. The van der Waals surface area contributed by atoms with Gasteiger partial charge in [-0.15, -0.1) is 0 Å². The highest BCUT2D eigenvalue weighted by Crippen LogP contribution is 2.60. The molecule has 3 N–H and O–H groups in total. The van der Waals surface area contributed by atoms with E-state index in [0.29, 0.717) is 37.9 Å². The first kappa shape index (κ1) is 17.7. The predicted octanol–water partition coefficient (Wildman–Crippen LogP) is 1.59. The molecular formula is C20H30O5. The molecule has 5 heteroatoms. The summed E-state index contributed by atoms with van der Waals surface area (Å²) in [5, 5.41) is 33.5. The molecule has 1 heterocycles. The van der Waals surface area contributed by atoms with Crippen LogP contribution >= 0.6 is 0 Å². The van der Waals surface area contributed by atoms with E-state index >= 15 is 0 Å². The standard InChI is InChI=1S/C20H30O5/c1-10-5-6-20(24)8-12-11-9-25-13(11)7-14(21)19(12,4)17(23)16(22)15(10)18(20,2)3/h11-14,16,21-22,24H,5-9H2,1-4H3/t11?,12?,13?,14-,16+,19-,20+/m0/s1. The SMILES string of the molecule is CC1=C2[C@@H](O)C(=O)[C@@]3(C)C(C[C@](O)(CC1)C2(C)C)C1COC1C[C@@H]3O. The summed E-state index contributed by atoms with van der Waals surface area (Å²) >= 11 is 0. The Kier molecular flexibility index (Phi) is 3.64.